The van der Waals surface area contributed by atoms with E-state index in [4.69, 9.17) is 0 Å². The van der Waals surface area contributed by atoms with E-state index in [2.05, 4.69) is 34.7 Å². The molecular formula is C8H17BrFN. The third-order valence-corrected chi connectivity index (χ3v) is 2.04. The highest BCUT2D eigenvalue weighted by Gasteiger charge is 2.06. The molecule has 0 aliphatic carbocycles. The molecule has 0 heterocycles. The van der Waals surface area contributed by atoms with E-state index in [1.165, 1.54) is 0 Å². The van der Waals surface area contributed by atoms with Gasteiger partial charge in [-0.1, -0.05) is 15.9 Å². The van der Waals surface area contributed by atoms with Crippen molar-refractivity contribution in [1.82, 2.24) is 4.90 Å². The second kappa shape index (κ2) is 7.04. The van der Waals surface area contributed by atoms with Crippen LogP contribution in [0.15, 0.2) is 0 Å². The molecule has 11 heavy (non-hydrogen) atoms. The second-order valence-electron chi connectivity index (χ2n) is 2.86. The van der Waals surface area contributed by atoms with E-state index in [1.54, 1.807) is 0 Å². The van der Waals surface area contributed by atoms with Crippen LogP contribution in [0.2, 0.25) is 0 Å². The molecule has 0 aromatic heterocycles. The molecule has 0 aliphatic heterocycles. The van der Waals surface area contributed by atoms with Crippen molar-refractivity contribution < 1.29 is 4.39 Å². The number of hydrogen-bond acceptors (Lipinski definition) is 1. The quantitative estimate of drug-likeness (QED) is 0.629. The van der Waals surface area contributed by atoms with Crippen LogP contribution >= 0.6 is 15.9 Å². The standard InChI is InChI=1S/C8H17BrFN/c1-8(2)11(7-4-9)6-3-5-10/h8H,3-7H2,1-2H3. The summed E-state index contributed by atoms with van der Waals surface area (Å²) in [5, 5.41) is 0.970. The predicted octanol–water partition coefficient (Wildman–Crippen LogP) is 2.45. The van der Waals surface area contributed by atoms with Gasteiger partial charge in [0.1, 0.15) is 0 Å². The van der Waals surface area contributed by atoms with Gasteiger partial charge in [0.15, 0.2) is 0 Å². The Bertz CT molecular complexity index is 88.2. The molecule has 0 bridgehead atoms. The van der Waals surface area contributed by atoms with Crippen LogP contribution in [-0.4, -0.2) is 36.0 Å². The summed E-state index contributed by atoms with van der Waals surface area (Å²) in [6.45, 7) is 5.96. The number of nitrogens with zero attached hydrogens (tertiary/aromatic N) is 1. The first-order valence-corrected chi connectivity index (χ1v) is 5.20. The normalized spacial score (nSPS) is 11.5. The maximum atomic E-state index is 11.8. The average molecular weight is 226 g/mol. The Hall–Kier alpha value is 0.370. The molecule has 0 rings (SSSR count). The van der Waals surface area contributed by atoms with Crippen LogP contribution in [0.4, 0.5) is 4.39 Å². The molecule has 0 fully saturated rings. The summed E-state index contributed by atoms with van der Waals surface area (Å²) in [6, 6.07) is 0.527. The average Bonchev–Trinajstić information content (AvgIpc) is 1.97. The zero-order chi connectivity index (χ0) is 8.69. The van der Waals surface area contributed by atoms with Crippen LogP contribution < -0.4 is 0 Å². The van der Waals surface area contributed by atoms with Gasteiger partial charge in [0.25, 0.3) is 0 Å². The van der Waals surface area contributed by atoms with E-state index in [1.807, 2.05) is 0 Å². The van der Waals surface area contributed by atoms with Gasteiger partial charge < -0.3 is 4.90 Å². The highest BCUT2D eigenvalue weighted by Crippen LogP contribution is 2.00. The fourth-order valence-corrected chi connectivity index (χ4v) is 1.46. The summed E-state index contributed by atoms with van der Waals surface area (Å²) < 4.78 is 11.8. The van der Waals surface area contributed by atoms with Crippen LogP contribution in [0.5, 0.6) is 0 Å². The minimum absolute atomic E-state index is 0.203. The lowest BCUT2D eigenvalue weighted by Gasteiger charge is -2.24. The Balaban J connectivity index is 3.51. The van der Waals surface area contributed by atoms with Gasteiger partial charge >= 0.3 is 0 Å². The lowest BCUT2D eigenvalue weighted by molar-refractivity contribution is 0.225. The smallest absolute Gasteiger partial charge is 0.0906 e. The highest BCUT2D eigenvalue weighted by molar-refractivity contribution is 9.09. The molecule has 0 N–H and O–H groups in total. The minimum Gasteiger partial charge on any atom is -0.300 e. The van der Waals surface area contributed by atoms with Gasteiger partial charge in [0.2, 0.25) is 0 Å². The second-order valence-corrected chi connectivity index (χ2v) is 3.65. The van der Waals surface area contributed by atoms with Crippen molar-refractivity contribution in [3.63, 3.8) is 0 Å². The Morgan fingerprint density at radius 2 is 2.00 bits per heavy atom. The lowest BCUT2D eigenvalue weighted by Crippen LogP contribution is -2.33. The van der Waals surface area contributed by atoms with Crippen molar-refractivity contribution in [3.05, 3.63) is 0 Å². The molecule has 0 saturated carbocycles. The molecule has 0 aromatic carbocycles. The maximum Gasteiger partial charge on any atom is 0.0906 e. The summed E-state index contributed by atoms with van der Waals surface area (Å²) in [5.41, 5.74) is 0. The van der Waals surface area contributed by atoms with Crippen molar-refractivity contribution in [1.29, 1.82) is 0 Å². The Morgan fingerprint density at radius 3 is 2.36 bits per heavy atom. The van der Waals surface area contributed by atoms with E-state index in [9.17, 15) is 4.39 Å². The topological polar surface area (TPSA) is 3.24 Å². The van der Waals surface area contributed by atoms with Gasteiger partial charge in [-0.25, -0.2) is 0 Å². The molecule has 0 radical (unpaired) electrons. The Kier molecular flexibility index (Phi) is 7.28. The minimum atomic E-state index is -0.203. The number of halogens is 2. The molecule has 3 heteroatoms. The first-order chi connectivity index (χ1) is 5.22. The SMILES string of the molecule is CC(C)N(CCBr)CCCF. The fraction of sp³-hybridized carbons (Fsp3) is 1.00. The number of alkyl halides is 2. The maximum absolute atomic E-state index is 11.8. The Labute approximate surface area is 77.1 Å². The molecule has 0 saturated heterocycles. The van der Waals surface area contributed by atoms with E-state index in [0.29, 0.717) is 12.5 Å². The van der Waals surface area contributed by atoms with Crippen molar-refractivity contribution in [2.75, 3.05) is 25.1 Å². The first kappa shape index (κ1) is 11.4. The zero-order valence-electron chi connectivity index (χ0n) is 7.32. The van der Waals surface area contributed by atoms with E-state index in [-0.39, 0.29) is 6.67 Å². The summed E-state index contributed by atoms with van der Waals surface area (Å²) in [5.74, 6) is 0. The molecule has 1 nitrogen and oxygen atoms in total. The van der Waals surface area contributed by atoms with Crippen molar-refractivity contribution >= 4 is 15.9 Å². The van der Waals surface area contributed by atoms with Crippen LogP contribution in [-0.2, 0) is 0 Å². The molecule has 0 aliphatic rings. The molecular weight excluding hydrogens is 209 g/mol. The largest absolute Gasteiger partial charge is 0.300 e. The van der Waals surface area contributed by atoms with Crippen LogP contribution in [0, 0.1) is 0 Å². The van der Waals surface area contributed by atoms with Gasteiger partial charge in [-0.15, -0.1) is 0 Å². The molecule has 0 unspecified atom stereocenters. The van der Waals surface area contributed by atoms with Gasteiger partial charge in [-0.2, -0.15) is 0 Å². The molecule has 68 valence electrons. The van der Waals surface area contributed by atoms with Crippen LogP contribution in [0.25, 0.3) is 0 Å². The van der Waals surface area contributed by atoms with Crippen LogP contribution in [0.1, 0.15) is 20.3 Å². The number of hydrogen-bond donors (Lipinski definition) is 0. The van der Waals surface area contributed by atoms with E-state index < -0.39 is 0 Å². The monoisotopic (exact) mass is 225 g/mol. The third-order valence-electron chi connectivity index (χ3n) is 1.68. The number of rotatable bonds is 6. The molecule has 0 aromatic rings. The predicted molar refractivity (Wildman–Crippen MR) is 51.1 cm³/mol. The molecule has 0 amide bonds. The summed E-state index contributed by atoms with van der Waals surface area (Å²) in [4.78, 5) is 2.27. The van der Waals surface area contributed by atoms with Gasteiger partial charge in [-0.3, -0.25) is 4.39 Å². The zero-order valence-corrected chi connectivity index (χ0v) is 8.90. The summed E-state index contributed by atoms with van der Waals surface area (Å²) >= 11 is 3.37. The molecule has 0 spiro atoms. The fourth-order valence-electron chi connectivity index (χ4n) is 1.000. The van der Waals surface area contributed by atoms with Crippen molar-refractivity contribution in [2.24, 2.45) is 0 Å². The van der Waals surface area contributed by atoms with E-state index in [0.717, 1.165) is 18.4 Å². The molecule has 0 atom stereocenters. The Morgan fingerprint density at radius 1 is 1.36 bits per heavy atom. The first-order valence-electron chi connectivity index (χ1n) is 4.08. The van der Waals surface area contributed by atoms with Crippen molar-refractivity contribution in [3.8, 4) is 0 Å². The summed E-state index contributed by atoms with van der Waals surface area (Å²) in [7, 11) is 0. The van der Waals surface area contributed by atoms with Gasteiger partial charge in [-0.05, 0) is 20.3 Å². The van der Waals surface area contributed by atoms with E-state index >= 15 is 0 Å². The van der Waals surface area contributed by atoms with Crippen LogP contribution in [0.3, 0.4) is 0 Å². The third kappa shape index (κ3) is 5.62. The van der Waals surface area contributed by atoms with Gasteiger partial charge in [0, 0.05) is 24.5 Å². The van der Waals surface area contributed by atoms with Gasteiger partial charge in [0.05, 0.1) is 6.67 Å². The van der Waals surface area contributed by atoms with Crippen molar-refractivity contribution in [2.45, 2.75) is 26.3 Å². The highest BCUT2D eigenvalue weighted by atomic mass is 79.9. The lowest BCUT2D eigenvalue weighted by atomic mass is 10.3. The summed E-state index contributed by atoms with van der Waals surface area (Å²) in [6.07, 6.45) is 0.658.